The highest BCUT2D eigenvalue weighted by atomic mass is 16.5. The number of carbonyl (C=O) groups excluding carboxylic acids is 1. The molecule has 1 fully saturated rings. The number of hydrogen-bond donors (Lipinski definition) is 2. The predicted octanol–water partition coefficient (Wildman–Crippen LogP) is 0.823. The summed E-state index contributed by atoms with van der Waals surface area (Å²) in [6, 6.07) is 0. The number of carboxylic acid groups (broad SMARTS) is 1. The average molecular weight is 323 g/mol. The number of carboxylic acids is 1. The zero-order chi connectivity index (χ0) is 17.0. The van der Waals surface area contributed by atoms with Crippen LogP contribution in [0.5, 0.6) is 0 Å². The minimum atomic E-state index is -0.856. The Morgan fingerprint density at radius 2 is 2.04 bits per heavy atom. The highest BCUT2D eigenvalue weighted by Gasteiger charge is 2.30. The molecule has 1 aliphatic rings. The van der Waals surface area contributed by atoms with Crippen LogP contribution in [0.1, 0.15) is 29.8 Å². The maximum atomic E-state index is 12.2. The second kappa shape index (κ2) is 7.59. The second-order valence-corrected chi connectivity index (χ2v) is 6.15. The van der Waals surface area contributed by atoms with Crippen LogP contribution in [0.2, 0.25) is 0 Å². The van der Waals surface area contributed by atoms with Gasteiger partial charge in [0.2, 0.25) is 5.91 Å². The van der Waals surface area contributed by atoms with Gasteiger partial charge in [0.05, 0.1) is 18.0 Å². The van der Waals surface area contributed by atoms with E-state index in [1.54, 1.807) is 4.68 Å². The van der Waals surface area contributed by atoms with E-state index in [4.69, 9.17) is 4.74 Å². The third-order valence-electron chi connectivity index (χ3n) is 4.67. The van der Waals surface area contributed by atoms with Crippen molar-refractivity contribution in [1.82, 2.24) is 15.1 Å². The van der Waals surface area contributed by atoms with Crippen molar-refractivity contribution in [3.63, 3.8) is 0 Å². The van der Waals surface area contributed by atoms with Gasteiger partial charge in [-0.25, -0.2) is 0 Å². The summed E-state index contributed by atoms with van der Waals surface area (Å²) >= 11 is 0. The summed E-state index contributed by atoms with van der Waals surface area (Å²) < 4.78 is 7.02. The summed E-state index contributed by atoms with van der Waals surface area (Å²) in [4.78, 5) is 23.6. The van der Waals surface area contributed by atoms with E-state index >= 15 is 0 Å². The zero-order valence-corrected chi connectivity index (χ0v) is 14.0. The molecule has 1 aromatic heterocycles. The van der Waals surface area contributed by atoms with E-state index in [1.165, 1.54) is 0 Å². The molecule has 0 bridgehead atoms. The molecule has 1 aliphatic heterocycles. The molecule has 2 N–H and O–H groups in total. The lowest BCUT2D eigenvalue weighted by atomic mass is 9.86. The molecule has 0 aromatic carbocycles. The van der Waals surface area contributed by atoms with E-state index in [1.807, 2.05) is 20.9 Å². The van der Waals surface area contributed by atoms with Gasteiger partial charge < -0.3 is 15.2 Å². The van der Waals surface area contributed by atoms with Gasteiger partial charge in [-0.05, 0) is 32.6 Å². The Balaban J connectivity index is 1.92. The van der Waals surface area contributed by atoms with Gasteiger partial charge in [0, 0.05) is 38.1 Å². The SMILES string of the molecule is Cc1nn(C)c(C)c1CC(=O)NCC(C(=O)O)C1CCOCC1. The molecule has 2 rings (SSSR count). The largest absolute Gasteiger partial charge is 0.481 e. The van der Waals surface area contributed by atoms with Crippen LogP contribution in [0.3, 0.4) is 0 Å². The number of aliphatic carboxylic acids is 1. The molecule has 2 heterocycles. The fourth-order valence-corrected chi connectivity index (χ4v) is 3.09. The number of hydrogen-bond acceptors (Lipinski definition) is 4. The molecule has 1 unspecified atom stereocenters. The summed E-state index contributed by atoms with van der Waals surface area (Å²) in [6.07, 6.45) is 1.69. The molecule has 1 amide bonds. The minimum Gasteiger partial charge on any atom is -0.481 e. The van der Waals surface area contributed by atoms with Gasteiger partial charge in [-0.1, -0.05) is 0 Å². The van der Waals surface area contributed by atoms with Gasteiger partial charge in [-0.3, -0.25) is 14.3 Å². The molecule has 0 radical (unpaired) electrons. The van der Waals surface area contributed by atoms with Crippen molar-refractivity contribution in [2.75, 3.05) is 19.8 Å². The van der Waals surface area contributed by atoms with Gasteiger partial charge in [-0.15, -0.1) is 0 Å². The standard InChI is InChI=1S/C16H25N3O4/c1-10-13(11(2)19(3)18-10)8-15(20)17-9-14(16(21)22)12-4-6-23-7-5-12/h12,14H,4-9H2,1-3H3,(H,17,20)(H,21,22). The first kappa shape index (κ1) is 17.5. The normalized spacial score (nSPS) is 17.0. The molecule has 7 heteroatoms. The van der Waals surface area contributed by atoms with Crippen LogP contribution in [0.25, 0.3) is 0 Å². The fourth-order valence-electron chi connectivity index (χ4n) is 3.09. The quantitative estimate of drug-likeness (QED) is 0.808. The molecule has 1 saturated heterocycles. The summed E-state index contributed by atoms with van der Waals surface area (Å²) in [5.74, 6) is -1.52. The maximum absolute atomic E-state index is 12.2. The molecular weight excluding hydrogens is 298 g/mol. The lowest BCUT2D eigenvalue weighted by Crippen LogP contribution is -2.39. The van der Waals surface area contributed by atoms with Crippen LogP contribution in [-0.4, -0.2) is 46.5 Å². The first-order valence-electron chi connectivity index (χ1n) is 7.96. The summed E-state index contributed by atoms with van der Waals surface area (Å²) in [5.41, 5.74) is 2.69. The molecule has 128 valence electrons. The van der Waals surface area contributed by atoms with Crippen LogP contribution in [-0.2, 0) is 27.8 Å². The number of nitrogens with zero attached hydrogens (tertiary/aromatic N) is 2. The number of carbonyl (C=O) groups is 2. The smallest absolute Gasteiger partial charge is 0.308 e. The first-order chi connectivity index (χ1) is 10.9. The summed E-state index contributed by atoms with van der Waals surface area (Å²) in [5, 5.41) is 16.5. The monoisotopic (exact) mass is 323 g/mol. The summed E-state index contributed by atoms with van der Waals surface area (Å²) in [6.45, 7) is 5.15. The van der Waals surface area contributed by atoms with Crippen LogP contribution in [0.4, 0.5) is 0 Å². The highest BCUT2D eigenvalue weighted by Crippen LogP contribution is 2.23. The Morgan fingerprint density at radius 1 is 1.39 bits per heavy atom. The van der Waals surface area contributed by atoms with Crippen molar-refractivity contribution < 1.29 is 19.4 Å². The Bertz CT molecular complexity index is 576. The van der Waals surface area contributed by atoms with Gasteiger partial charge in [0.1, 0.15) is 0 Å². The average Bonchev–Trinajstić information content (AvgIpc) is 2.74. The molecule has 0 aliphatic carbocycles. The molecule has 0 spiro atoms. The second-order valence-electron chi connectivity index (χ2n) is 6.15. The lowest BCUT2D eigenvalue weighted by molar-refractivity contribution is -0.144. The number of nitrogens with one attached hydrogen (secondary N) is 1. The first-order valence-corrected chi connectivity index (χ1v) is 7.96. The third-order valence-corrected chi connectivity index (χ3v) is 4.67. The van der Waals surface area contributed by atoms with Gasteiger partial charge in [0.25, 0.3) is 0 Å². The number of aryl methyl sites for hydroxylation is 2. The summed E-state index contributed by atoms with van der Waals surface area (Å²) in [7, 11) is 1.84. The molecule has 23 heavy (non-hydrogen) atoms. The van der Waals surface area contributed by atoms with E-state index in [2.05, 4.69) is 10.4 Å². The number of rotatable bonds is 6. The van der Waals surface area contributed by atoms with Crippen LogP contribution in [0, 0.1) is 25.7 Å². The van der Waals surface area contributed by atoms with Crippen LogP contribution in [0.15, 0.2) is 0 Å². The Kier molecular flexibility index (Phi) is 5.76. The lowest BCUT2D eigenvalue weighted by Gasteiger charge is -2.27. The maximum Gasteiger partial charge on any atom is 0.308 e. The Hall–Kier alpha value is -1.89. The van der Waals surface area contributed by atoms with Crippen LogP contribution >= 0.6 is 0 Å². The van der Waals surface area contributed by atoms with Crippen molar-refractivity contribution in [2.45, 2.75) is 33.1 Å². The third kappa shape index (κ3) is 4.31. The van der Waals surface area contributed by atoms with E-state index in [0.29, 0.717) is 13.2 Å². The van der Waals surface area contributed by atoms with Crippen molar-refractivity contribution >= 4 is 11.9 Å². The molecule has 7 nitrogen and oxygen atoms in total. The zero-order valence-electron chi connectivity index (χ0n) is 14.0. The molecule has 1 atom stereocenters. The Morgan fingerprint density at radius 3 is 2.57 bits per heavy atom. The van der Waals surface area contributed by atoms with E-state index in [0.717, 1.165) is 29.8 Å². The van der Waals surface area contributed by atoms with Crippen LogP contribution < -0.4 is 5.32 Å². The van der Waals surface area contributed by atoms with Crippen molar-refractivity contribution in [2.24, 2.45) is 18.9 Å². The Labute approximate surface area is 136 Å². The van der Waals surface area contributed by atoms with Crippen molar-refractivity contribution in [1.29, 1.82) is 0 Å². The van der Waals surface area contributed by atoms with Crippen molar-refractivity contribution in [3.8, 4) is 0 Å². The molecular formula is C16H25N3O4. The number of amides is 1. The van der Waals surface area contributed by atoms with Crippen molar-refractivity contribution in [3.05, 3.63) is 17.0 Å². The predicted molar refractivity (Wildman–Crippen MR) is 84.1 cm³/mol. The molecule has 0 saturated carbocycles. The van der Waals surface area contributed by atoms with Gasteiger partial charge >= 0.3 is 5.97 Å². The topological polar surface area (TPSA) is 93.5 Å². The van der Waals surface area contributed by atoms with E-state index < -0.39 is 11.9 Å². The number of aromatic nitrogens is 2. The minimum absolute atomic E-state index is 0.0587. The number of ether oxygens (including phenoxy) is 1. The fraction of sp³-hybridized carbons (Fsp3) is 0.688. The van der Waals surface area contributed by atoms with Gasteiger partial charge in [0.15, 0.2) is 0 Å². The highest BCUT2D eigenvalue weighted by molar-refractivity contribution is 5.80. The van der Waals surface area contributed by atoms with E-state index in [9.17, 15) is 14.7 Å². The molecule has 1 aromatic rings. The van der Waals surface area contributed by atoms with E-state index in [-0.39, 0.29) is 24.8 Å². The van der Waals surface area contributed by atoms with Gasteiger partial charge in [-0.2, -0.15) is 5.10 Å².